The van der Waals surface area contributed by atoms with E-state index in [1.54, 1.807) is 30.3 Å². The third kappa shape index (κ3) is 3.08. The summed E-state index contributed by atoms with van der Waals surface area (Å²) in [6.07, 6.45) is 5.37. The van der Waals surface area contributed by atoms with Crippen LogP contribution >= 0.6 is 0 Å². The normalized spacial score (nSPS) is 30.8. The molecule has 5 aliphatic rings. The van der Waals surface area contributed by atoms with Crippen molar-refractivity contribution in [3.8, 4) is 0 Å². The van der Waals surface area contributed by atoms with E-state index in [9.17, 15) is 19.2 Å². The highest BCUT2D eigenvalue weighted by atomic mass is 16.5. The summed E-state index contributed by atoms with van der Waals surface area (Å²) in [6, 6.07) is 13.4. The Balaban J connectivity index is 1.18. The number of ether oxygens (including phenoxy) is 1. The van der Waals surface area contributed by atoms with Crippen LogP contribution in [0.15, 0.2) is 60.7 Å². The van der Waals surface area contributed by atoms with Gasteiger partial charge in [0.2, 0.25) is 11.8 Å². The zero-order valence-electron chi connectivity index (χ0n) is 18.1. The number of rotatable bonds is 5. The Kier molecular flexibility index (Phi) is 4.41. The molecule has 2 bridgehead atoms. The molecule has 7 rings (SSSR count). The molecule has 1 aliphatic heterocycles. The first-order valence-electron chi connectivity index (χ1n) is 11.4. The van der Waals surface area contributed by atoms with Crippen LogP contribution in [0, 0.1) is 42.4 Å². The fourth-order valence-electron chi connectivity index (χ4n) is 6.02. The zero-order valence-corrected chi connectivity index (χ0v) is 18.1. The summed E-state index contributed by atoms with van der Waals surface area (Å²) in [4.78, 5) is 52.8. The van der Waals surface area contributed by atoms with Crippen molar-refractivity contribution in [3.05, 3.63) is 77.4 Å². The lowest BCUT2D eigenvalue weighted by Crippen LogP contribution is -2.40. The molecule has 6 atom stereocenters. The largest absolute Gasteiger partial charge is 0.454 e. The molecule has 0 spiro atoms. The summed E-state index contributed by atoms with van der Waals surface area (Å²) in [6.45, 7) is 1.55. The number of amides is 2. The summed E-state index contributed by atoms with van der Waals surface area (Å²) in [5.41, 5.74) is 2.08. The van der Waals surface area contributed by atoms with Crippen LogP contribution in [0.2, 0.25) is 0 Å². The van der Waals surface area contributed by atoms with Crippen LogP contribution in [0.1, 0.15) is 32.7 Å². The van der Waals surface area contributed by atoms with Crippen LogP contribution in [0.4, 0.5) is 5.69 Å². The standard InChI is InChI=1S/C27H23NO5/c1-14-5-7-15(8-6-14)22(29)13-33-27(32)16-3-2-4-17(11-16)28-25(30)23-18-9-10-19(21-12-20(18)21)24(23)26(28)31/h2-11,18-21,23-24H,12-13H2,1H3/t18-,19-,20-,21+,23+,24+/m1/s1. The minimum atomic E-state index is -0.670. The van der Waals surface area contributed by atoms with Crippen LogP contribution < -0.4 is 4.90 Å². The molecule has 6 nitrogen and oxygen atoms in total. The van der Waals surface area contributed by atoms with Crippen molar-refractivity contribution in [2.75, 3.05) is 11.5 Å². The topological polar surface area (TPSA) is 80.8 Å². The molecule has 0 unspecified atom stereocenters. The number of benzene rings is 2. The van der Waals surface area contributed by atoms with E-state index < -0.39 is 5.97 Å². The first kappa shape index (κ1) is 20.1. The van der Waals surface area contributed by atoms with Gasteiger partial charge in [-0.05, 0) is 55.2 Å². The second-order valence-corrected chi connectivity index (χ2v) is 9.58. The second-order valence-electron chi connectivity index (χ2n) is 9.58. The fraction of sp³-hybridized carbons (Fsp3) is 0.333. The molecular formula is C27H23NO5. The van der Waals surface area contributed by atoms with Gasteiger partial charge < -0.3 is 4.74 Å². The quantitative estimate of drug-likeness (QED) is 0.307. The molecule has 1 heterocycles. The number of carbonyl (C=O) groups is 4. The Bertz CT molecular complexity index is 1190. The lowest BCUT2D eigenvalue weighted by Gasteiger charge is -2.37. The molecule has 1 saturated heterocycles. The molecule has 0 radical (unpaired) electrons. The van der Waals surface area contributed by atoms with E-state index in [2.05, 4.69) is 12.2 Å². The molecule has 166 valence electrons. The average molecular weight is 441 g/mol. The predicted molar refractivity (Wildman–Crippen MR) is 119 cm³/mol. The Morgan fingerprint density at radius 2 is 1.55 bits per heavy atom. The highest BCUT2D eigenvalue weighted by Crippen LogP contribution is 2.65. The van der Waals surface area contributed by atoms with Gasteiger partial charge in [-0.15, -0.1) is 0 Å². The van der Waals surface area contributed by atoms with Crippen molar-refractivity contribution in [3.63, 3.8) is 0 Å². The van der Waals surface area contributed by atoms with Gasteiger partial charge in [0, 0.05) is 5.56 Å². The number of imide groups is 1. The average Bonchev–Trinajstić information content (AvgIpc) is 3.61. The van der Waals surface area contributed by atoms with Gasteiger partial charge >= 0.3 is 5.97 Å². The number of esters is 1. The number of anilines is 1. The van der Waals surface area contributed by atoms with Gasteiger partial charge in [0.05, 0.1) is 23.1 Å². The van der Waals surface area contributed by atoms with Gasteiger partial charge in [0.15, 0.2) is 12.4 Å². The molecule has 2 aromatic rings. The summed E-state index contributed by atoms with van der Waals surface area (Å²) in [5, 5.41) is 0. The van der Waals surface area contributed by atoms with Crippen molar-refractivity contribution < 1.29 is 23.9 Å². The fourth-order valence-corrected chi connectivity index (χ4v) is 6.02. The molecule has 2 aromatic carbocycles. The number of nitrogens with zero attached hydrogens (tertiary/aromatic N) is 1. The van der Waals surface area contributed by atoms with E-state index in [-0.39, 0.29) is 53.4 Å². The molecule has 6 heteroatoms. The Hall–Kier alpha value is -3.54. The molecule has 33 heavy (non-hydrogen) atoms. The van der Waals surface area contributed by atoms with Crippen LogP contribution in [-0.2, 0) is 14.3 Å². The number of ketones is 1. The van der Waals surface area contributed by atoms with Crippen LogP contribution in [0.3, 0.4) is 0 Å². The van der Waals surface area contributed by atoms with Crippen molar-refractivity contribution in [1.82, 2.24) is 0 Å². The van der Waals surface area contributed by atoms with Crippen molar-refractivity contribution in [1.29, 1.82) is 0 Å². The Labute approximate surface area is 191 Å². The number of allylic oxidation sites excluding steroid dienone is 2. The number of hydrogen-bond donors (Lipinski definition) is 0. The molecule has 2 saturated carbocycles. The van der Waals surface area contributed by atoms with Crippen LogP contribution in [0.5, 0.6) is 0 Å². The third-order valence-electron chi connectivity index (χ3n) is 7.71. The van der Waals surface area contributed by atoms with Crippen molar-refractivity contribution >= 4 is 29.3 Å². The minimum absolute atomic E-state index is 0.146. The number of carbonyl (C=O) groups excluding carboxylic acids is 4. The lowest BCUT2D eigenvalue weighted by atomic mass is 9.63. The first-order chi connectivity index (χ1) is 15.9. The Morgan fingerprint density at radius 3 is 2.18 bits per heavy atom. The van der Waals surface area contributed by atoms with E-state index in [1.807, 2.05) is 19.1 Å². The number of aryl methyl sites for hydroxylation is 1. The number of Topliss-reactive ketones (excluding diaryl/α,β-unsaturated/α-hetero) is 1. The summed E-state index contributed by atoms with van der Waals surface area (Å²) >= 11 is 0. The Morgan fingerprint density at radius 1 is 0.909 bits per heavy atom. The summed E-state index contributed by atoms with van der Waals surface area (Å²) in [7, 11) is 0. The van der Waals surface area contributed by atoms with Gasteiger partial charge in [-0.2, -0.15) is 0 Å². The van der Waals surface area contributed by atoms with E-state index in [1.165, 1.54) is 11.0 Å². The molecule has 0 N–H and O–H groups in total. The highest BCUT2D eigenvalue weighted by molar-refractivity contribution is 6.23. The van der Waals surface area contributed by atoms with E-state index >= 15 is 0 Å². The van der Waals surface area contributed by atoms with Gasteiger partial charge in [0.1, 0.15) is 0 Å². The SMILES string of the molecule is Cc1ccc(C(=O)COC(=O)c2cccc(N3C(=O)[C@H]4[C@@H]5C=C[C@H]([C@@H]6C[C@H]56)[C@@H]4C3=O)c2)cc1. The van der Waals surface area contributed by atoms with Crippen LogP contribution in [-0.4, -0.2) is 30.2 Å². The van der Waals surface area contributed by atoms with Gasteiger partial charge in [-0.25, -0.2) is 9.69 Å². The van der Waals surface area contributed by atoms with Gasteiger partial charge in [-0.1, -0.05) is 48.0 Å². The molecule has 2 amide bonds. The number of hydrogen-bond acceptors (Lipinski definition) is 5. The monoisotopic (exact) mass is 441 g/mol. The molecular weight excluding hydrogens is 418 g/mol. The minimum Gasteiger partial charge on any atom is -0.454 e. The van der Waals surface area contributed by atoms with Crippen LogP contribution in [0.25, 0.3) is 0 Å². The van der Waals surface area contributed by atoms with E-state index in [0.29, 0.717) is 23.1 Å². The maximum Gasteiger partial charge on any atom is 0.338 e. The molecule has 3 fully saturated rings. The van der Waals surface area contributed by atoms with Gasteiger partial charge in [-0.3, -0.25) is 14.4 Å². The smallest absolute Gasteiger partial charge is 0.338 e. The summed E-state index contributed by atoms with van der Waals surface area (Å²) < 4.78 is 5.22. The van der Waals surface area contributed by atoms with E-state index in [4.69, 9.17) is 4.74 Å². The second kappa shape index (κ2) is 7.24. The van der Waals surface area contributed by atoms with Gasteiger partial charge in [0.25, 0.3) is 0 Å². The maximum absolute atomic E-state index is 13.3. The van der Waals surface area contributed by atoms with Crippen molar-refractivity contribution in [2.24, 2.45) is 35.5 Å². The molecule has 4 aliphatic carbocycles. The first-order valence-corrected chi connectivity index (χ1v) is 11.4. The van der Waals surface area contributed by atoms with Crippen molar-refractivity contribution in [2.45, 2.75) is 13.3 Å². The predicted octanol–water partition coefficient (Wildman–Crippen LogP) is 3.59. The molecule has 0 aromatic heterocycles. The third-order valence-corrected chi connectivity index (χ3v) is 7.71. The zero-order chi connectivity index (χ0) is 22.9. The van der Waals surface area contributed by atoms with E-state index in [0.717, 1.165) is 12.0 Å². The lowest BCUT2D eigenvalue weighted by molar-refractivity contribution is -0.124. The summed E-state index contributed by atoms with van der Waals surface area (Å²) in [5.74, 6) is -0.537. The maximum atomic E-state index is 13.3. The highest BCUT2D eigenvalue weighted by Gasteiger charge is 2.67.